The first-order valence-corrected chi connectivity index (χ1v) is 5.71. The molecule has 0 bridgehead atoms. The molecule has 0 aliphatic heterocycles. The molecule has 0 spiro atoms. The SMILES string of the molecule is CCC[C@H](C#N)N[S@@](=O)C(F)(F)C(F)(F)Cl. The normalized spacial score (nSPS) is 16.6. The molecule has 0 aliphatic carbocycles. The number of halogens is 5. The van der Waals surface area contributed by atoms with Gasteiger partial charge in [-0.1, -0.05) is 13.3 Å². The largest absolute Gasteiger partial charge is 0.410 e. The lowest BCUT2D eigenvalue weighted by Crippen LogP contribution is -2.47. The first kappa shape index (κ1) is 15.6. The zero-order valence-corrected chi connectivity index (χ0v) is 9.72. The molecule has 2 atom stereocenters. The molecule has 3 nitrogen and oxygen atoms in total. The van der Waals surface area contributed by atoms with Crippen LogP contribution in [0.25, 0.3) is 0 Å². The molecular formula is C7H9ClF4N2OS. The Hall–Kier alpha value is -0.390. The van der Waals surface area contributed by atoms with E-state index in [0.29, 0.717) is 6.42 Å². The molecule has 0 saturated heterocycles. The summed E-state index contributed by atoms with van der Waals surface area (Å²) in [7, 11) is -3.42. The van der Waals surface area contributed by atoms with Crippen molar-refractivity contribution in [1.29, 1.82) is 5.26 Å². The highest BCUT2D eigenvalue weighted by molar-refractivity contribution is 7.84. The Labute approximate surface area is 97.3 Å². The van der Waals surface area contributed by atoms with Gasteiger partial charge in [-0.3, -0.25) is 0 Å². The van der Waals surface area contributed by atoms with Crippen molar-refractivity contribution < 1.29 is 21.8 Å². The van der Waals surface area contributed by atoms with Crippen molar-refractivity contribution in [1.82, 2.24) is 4.72 Å². The first-order valence-electron chi connectivity index (χ1n) is 4.19. The van der Waals surface area contributed by atoms with E-state index >= 15 is 0 Å². The summed E-state index contributed by atoms with van der Waals surface area (Å²) in [5.74, 6) is 0. The molecule has 0 fully saturated rings. The molecule has 0 unspecified atom stereocenters. The van der Waals surface area contributed by atoms with Gasteiger partial charge >= 0.3 is 10.6 Å². The van der Waals surface area contributed by atoms with Gasteiger partial charge in [0.1, 0.15) is 6.04 Å². The van der Waals surface area contributed by atoms with Gasteiger partial charge in [0.25, 0.3) is 0 Å². The smallest absolute Gasteiger partial charge is 0.236 e. The molecule has 0 heterocycles. The lowest BCUT2D eigenvalue weighted by molar-refractivity contribution is -0.0939. The molecule has 0 rings (SSSR count). The Morgan fingerprint density at radius 1 is 1.50 bits per heavy atom. The zero-order valence-electron chi connectivity index (χ0n) is 8.15. The van der Waals surface area contributed by atoms with Crippen LogP contribution in [0, 0.1) is 11.3 Å². The average molecular weight is 281 g/mol. The number of nitriles is 1. The molecule has 0 aromatic carbocycles. The highest BCUT2D eigenvalue weighted by Crippen LogP contribution is 2.39. The Balaban J connectivity index is 4.64. The van der Waals surface area contributed by atoms with E-state index in [1.54, 1.807) is 11.6 Å². The van der Waals surface area contributed by atoms with Crippen LogP contribution in [0.1, 0.15) is 19.8 Å². The van der Waals surface area contributed by atoms with E-state index in [-0.39, 0.29) is 6.42 Å². The van der Waals surface area contributed by atoms with E-state index in [1.807, 2.05) is 0 Å². The molecule has 0 saturated carbocycles. The third-order valence-corrected chi connectivity index (χ3v) is 3.12. The minimum atomic E-state index is -4.93. The van der Waals surface area contributed by atoms with Crippen molar-refractivity contribution in [3.63, 3.8) is 0 Å². The van der Waals surface area contributed by atoms with Crippen molar-refractivity contribution in [2.24, 2.45) is 0 Å². The van der Waals surface area contributed by atoms with Gasteiger partial charge in [0.15, 0.2) is 11.0 Å². The first-order chi connectivity index (χ1) is 7.16. The van der Waals surface area contributed by atoms with Crippen molar-refractivity contribution in [2.45, 2.75) is 36.4 Å². The number of nitrogens with zero attached hydrogens (tertiary/aromatic N) is 1. The van der Waals surface area contributed by atoms with Crippen molar-refractivity contribution in [3.8, 4) is 6.07 Å². The van der Waals surface area contributed by atoms with Gasteiger partial charge in [-0.05, 0) is 18.0 Å². The molecular weight excluding hydrogens is 272 g/mol. The maximum absolute atomic E-state index is 12.7. The fourth-order valence-electron chi connectivity index (χ4n) is 0.747. The Bertz CT molecular complexity index is 302. The van der Waals surface area contributed by atoms with Crippen LogP contribution in [-0.4, -0.2) is 20.9 Å². The van der Waals surface area contributed by atoms with Gasteiger partial charge in [0, 0.05) is 0 Å². The molecule has 0 aromatic rings. The molecule has 0 radical (unpaired) electrons. The summed E-state index contributed by atoms with van der Waals surface area (Å²) in [4.78, 5) is 0. The van der Waals surface area contributed by atoms with Gasteiger partial charge in [0.2, 0.25) is 0 Å². The van der Waals surface area contributed by atoms with Crippen LogP contribution in [0.5, 0.6) is 0 Å². The van der Waals surface area contributed by atoms with Crippen LogP contribution in [0.3, 0.4) is 0 Å². The Kier molecular flexibility index (Phi) is 5.65. The molecule has 1 N–H and O–H groups in total. The topological polar surface area (TPSA) is 52.9 Å². The van der Waals surface area contributed by atoms with Crippen LogP contribution in [0.2, 0.25) is 0 Å². The predicted octanol–water partition coefficient (Wildman–Crippen LogP) is 2.36. The monoisotopic (exact) mass is 280 g/mol. The fraction of sp³-hybridized carbons (Fsp3) is 0.857. The summed E-state index contributed by atoms with van der Waals surface area (Å²) in [5, 5.41) is -1.40. The quantitative estimate of drug-likeness (QED) is 0.600. The van der Waals surface area contributed by atoms with Gasteiger partial charge in [0.05, 0.1) is 6.07 Å². The third kappa shape index (κ3) is 3.88. The molecule has 94 valence electrons. The lowest BCUT2D eigenvalue weighted by Gasteiger charge is -2.21. The van der Waals surface area contributed by atoms with Crippen LogP contribution in [-0.2, 0) is 11.0 Å². The summed E-state index contributed by atoms with van der Waals surface area (Å²) in [5.41, 5.74) is 0. The summed E-state index contributed by atoms with van der Waals surface area (Å²) >= 11 is 4.12. The maximum Gasteiger partial charge on any atom is 0.410 e. The molecule has 9 heteroatoms. The number of hydrogen-bond donors (Lipinski definition) is 1. The number of rotatable bonds is 6. The minimum Gasteiger partial charge on any atom is -0.236 e. The summed E-state index contributed by atoms with van der Waals surface area (Å²) in [6.45, 7) is 1.66. The maximum atomic E-state index is 12.7. The van der Waals surface area contributed by atoms with Crippen LogP contribution in [0.15, 0.2) is 0 Å². The summed E-state index contributed by atoms with van der Waals surface area (Å²) in [6.07, 6.45) is 0.567. The van der Waals surface area contributed by atoms with Gasteiger partial charge in [-0.2, -0.15) is 22.8 Å². The van der Waals surface area contributed by atoms with Gasteiger partial charge in [-0.25, -0.2) is 8.93 Å². The second-order valence-electron chi connectivity index (χ2n) is 2.87. The zero-order chi connectivity index (χ0) is 13.0. The number of hydrogen-bond acceptors (Lipinski definition) is 2. The Morgan fingerprint density at radius 2 is 2.00 bits per heavy atom. The lowest BCUT2D eigenvalue weighted by atomic mass is 10.2. The standard InChI is InChI=1S/C7H9ClF4N2OS/c1-2-3-5(4-13)14-16(15)7(11,12)6(8,9)10/h5,14H,2-3H2,1H3/t5-,16+/m1/s1. The number of alkyl halides is 5. The van der Waals surface area contributed by atoms with Crippen LogP contribution in [0.4, 0.5) is 17.6 Å². The fourth-order valence-corrected chi connectivity index (χ4v) is 1.74. The summed E-state index contributed by atoms with van der Waals surface area (Å²) in [6, 6.07) is 0.347. The van der Waals surface area contributed by atoms with E-state index in [2.05, 4.69) is 11.6 Å². The van der Waals surface area contributed by atoms with E-state index in [9.17, 15) is 21.8 Å². The van der Waals surface area contributed by atoms with Crippen LogP contribution < -0.4 is 4.72 Å². The van der Waals surface area contributed by atoms with Crippen LogP contribution >= 0.6 is 11.6 Å². The second kappa shape index (κ2) is 5.80. The molecule has 0 aliphatic rings. The van der Waals surface area contributed by atoms with E-state index in [0.717, 1.165) is 0 Å². The second-order valence-corrected chi connectivity index (χ2v) is 4.63. The van der Waals surface area contributed by atoms with E-state index in [4.69, 9.17) is 5.26 Å². The Morgan fingerprint density at radius 3 is 2.31 bits per heavy atom. The average Bonchev–Trinajstić information content (AvgIpc) is 2.15. The molecule has 16 heavy (non-hydrogen) atoms. The summed E-state index contributed by atoms with van der Waals surface area (Å²) < 4.78 is 62.3. The minimum absolute atomic E-state index is 0.117. The highest BCUT2D eigenvalue weighted by atomic mass is 35.5. The van der Waals surface area contributed by atoms with Crippen molar-refractivity contribution in [2.75, 3.05) is 0 Å². The highest BCUT2D eigenvalue weighted by Gasteiger charge is 2.60. The predicted molar refractivity (Wildman–Crippen MR) is 51.3 cm³/mol. The van der Waals surface area contributed by atoms with Gasteiger partial charge in [-0.15, -0.1) is 0 Å². The molecule has 0 amide bonds. The van der Waals surface area contributed by atoms with Crippen molar-refractivity contribution >= 4 is 22.6 Å². The number of nitrogens with one attached hydrogen (secondary N) is 1. The van der Waals surface area contributed by atoms with Gasteiger partial charge < -0.3 is 0 Å². The van der Waals surface area contributed by atoms with E-state index < -0.39 is 27.7 Å². The molecule has 0 aromatic heterocycles. The van der Waals surface area contributed by atoms with E-state index in [1.165, 1.54) is 6.07 Å². The third-order valence-electron chi connectivity index (χ3n) is 1.55. The van der Waals surface area contributed by atoms with Crippen molar-refractivity contribution in [3.05, 3.63) is 0 Å².